The van der Waals surface area contributed by atoms with E-state index >= 15 is 0 Å². The first-order valence-electron chi connectivity index (χ1n) is 8.46. The molecule has 0 unspecified atom stereocenters. The van der Waals surface area contributed by atoms with Gasteiger partial charge in [0, 0.05) is 30.2 Å². The summed E-state index contributed by atoms with van der Waals surface area (Å²) >= 11 is 0. The van der Waals surface area contributed by atoms with Gasteiger partial charge in [0.1, 0.15) is 0 Å². The van der Waals surface area contributed by atoms with E-state index in [2.05, 4.69) is 4.98 Å². The van der Waals surface area contributed by atoms with Crippen LogP contribution in [0.1, 0.15) is 21.5 Å². The molecule has 0 N–H and O–H groups in total. The van der Waals surface area contributed by atoms with Crippen LogP contribution in [0.3, 0.4) is 0 Å². The summed E-state index contributed by atoms with van der Waals surface area (Å²) in [5.74, 6) is -0.292. The second kappa shape index (κ2) is 6.54. The summed E-state index contributed by atoms with van der Waals surface area (Å²) in [7, 11) is 0. The van der Waals surface area contributed by atoms with Gasteiger partial charge in [0.15, 0.2) is 0 Å². The number of anilines is 1. The number of aromatic nitrogens is 1. The third-order valence-corrected chi connectivity index (χ3v) is 4.69. The van der Waals surface area contributed by atoms with E-state index in [4.69, 9.17) is 0 Å². The molecular formula is C21H15F3N2O. The zero-order chi connectivity index (χ0) is 19.0. The molecular weight excluding hydrogens is 353 g/mol. The largest absolute Gasteiger partial charge is 0.416 e. The zero-order valence-electron chi connectivity index (χ0n) is 14.2. The third kappa shape index (κ3) is 3.30. The van der Waals surface area contributed by atoms with E-state index in [-0.39, 0.29) is 11.5 Å². The molecule has 0 saturated carbocycles. The lowest BCUT2D eigenvalue weighted by atomic mass is 10.0. The Bertz CT molecular complexity index is 983. The van der Waals surface area contributed by atoms with Crippen LogP contribution in [-0.4, -0.2) is 17.4 Å². The standard InChI is InChI=1S/C21H15F3N2O/c22-21(23,24)18-4-1-15(2-5-18)20(27)26-12-9-17-13-16(3-6-19(17)26)14-7-10-25-11-8-14/h1-8,10-11,13H,9,12H2. The van der Waals surface area contributed by atoms with Crippen LogP contribution in [-0.2, 0) is 12.6 Å². The Balaban J connectivity index is 1.60. The Labute approximate surface area is 154 Å². The normalized spacial score (nSPS) is 13.5. The Kier molecular flexibility index (Phi) is 4.18. The number of fused-ring (bicyclic) bond motifs is 1. The number of benzene rings is 2. The average molecular weight is 368 g/mol. The van der Waals surface area contributed by atoms with Crippen molar-refractivity contribution in [2.75, 3.05) is 11.4 Å². The van der Waals surface area contributed by atoms with Gasteiger partial charge >= 0.3 is 6.18 Å². The summed E-state index contributed by atoms with van der Waals surface area (Å²) in [5.41, 5.74) is 3.42. The van der Waals surface area contributed by atoms with Crippen LogP contribution < -0.4 is 4.90 Å². The van der Waals surface area contributed by atoms with Gasteiger partial charge < -0.3 is 4.90 Å². The molecule has 0 saturated heterocycles. The van der Waals surface area contributed by atoms with Crippen molar-refractivity contribution in [3.63, 3.8) is 0 Å². The molecule has 2 aromatic carbocycles. The number of pyridine rings is 1. The van der Waals surface area contributed by atoms with Crippen molar-refractivity contribution in [2.45, 2.75) is 12.6 Å². The first kappa shape index (κ1) is 17.3. The smallest absolute Gasteiger partial charge is 0.308 e. The molecule has 1 aliphatic rings. The molecule has 2 heterocycles. The number of rotatable bonds is 2. The maximum Gasteiger partial charge on any atom is 0.416 e. The molecule has 1 aliphatic heterocycles. The topological polar surface area (TPSA) is 33.2 Å². The molecule has 0 spiro atoms. The molecule has 6 heteroatoms. The number of alkyl halides is 3. The number of halogens is 3. The fraction of sp³-hybridized carbons (Fsp3) is 0.143. The molecule has 27 heavy (non-hydrogen) atoms. The first-order valence-corrected chi connectivity index (χ1v) is 8.46. The molecule has 1 amide bonds. The molecule has 3 aromatic rings. The number of hydrogen-bond donors (Lipinski definition) is 0. The zero-order valence-corrected chi connectivity index (χ0v) is 14.2. The van der Waals surface area contributed by atoms with Gasteiger partial charge in [-0.1, -0.05) is 6.07 Å². The van der Waals surface area contributed by atoms with Gasteiger partial charge in [-0.15, -0.1) is 0 Å². The van der Waals surface area contributed by atoms with E-state index in [1.165, 1.54) is 12.1 Å². The SMILES string of the molecule is O=C(c1ccc(C(F)(F)F)cc1)N1CCc2cc(-c3ccncc3)ccc21. The highest BCUT2D eigenvalue weighted by atomic mass is 19.4. The Morgan fingerprint density at radius 2 is 1.63 bits per heavy atom. The maximum absolute atomic E-state index is 12.8. The van der Waals surface area contributed by atoms with Crippen molar-refractivity contribution in [1.29, 1.82) is 0 Å². The van der Waals surface area contributed by atoms with Gasteiger partial charge in [0.2, 0.25) is 0 Å². The molecule has 0 aliphatic carbocycles. The second-order valence-electron chi connectivity index (χ2n) is 6.36. The predicted molar refractivity (Wildman–Crippen MR) is 96.5 cm³/mol. The van der Waals surface area contributed by atoms with Gasteiger partial charge in [-0.3, -0.25) is 9.78 Å². The minimum absolute atomic E-state index is 0.245. The van der Waals surface area contributed by atoms with Gasteiger partial charge in [0.25, 0.3) is 5.91 Å². The van der Waals surface area contributed by atoms with Gasteiger partial charge in [0.05, 0.1) is 5.56 Å². The van der Waals surface area contributed by atoms with Crippen molar-refractivity contribution >= 4 is 11.6 Å². The Hall–Kier alpha value is -3.15. The quantitative estimate of drug-likeness (QED) is 0.640. The van der Waals surface area contributed by atoms with Crippen molar-refractivity contribution in [2.24, 2.45) is 0 Å². The van der Waals surface area contributed by atoms with Crippen molar-refractivity contribution in [3.8, 4) is 11.1 Å². The molecule has 1 aromatic heterocycles. The van der Waals surface area contributed by atoms with Crippen LogP contribution in [0.15, 0.2) is 67.0 Å². The van der Waals surface area contributed by atoms with E-state index in [0.29, 0.717) is 13.0 Å². The molecule has 0 radical (unpaired) electrons. The number of carbonyl (C=O) groups is 1. The fourth-order valence-electron chi connectivity index (χ4n) is 3.29. The van der Waals surface area contributed by atoms with Crippen LogP contribution in [0.4, 0.5) is 18.9 Å². The van der Waals surface area contributed by atoms with E-state index in [0.717, 1.165) is 34.5 Å². The molecule has 0 fully saturated rings. The van der Waals surface area contributed by atoms with Crippen LogP contribution in [0.2, 0.25) is 0 Å². The van der Waals surface area contributed by atoms with Gasteiger partial charge in [-0.2, -0.15) is 13.2 Å². The summed E-state index contributed by atoms with van der Waals surface area (Å²) in [4.78, 5) is 18.4. The molecule has 4 rings (SSSR count). The average Bonchev–Trinajstić information content (AvgIpc) is 3.11. The van der Waals surface area contributed by atoms with Crippen LogP contribution in [0.25, 0.3) is 11.1 Å². The summed E-state index contributed by atoms with van der Waals surface area (Å²) in [5, 5.41) is 0. The predicted octanol–water partition coefficient (Wildman–Crippen LogP) is 4.97. The van der Waals surface area contributed by atoms with E-state index in [9.17, 15) is 18.0 Å². The molecule has 3 nitrogen and oxygen atoms in total. The minimum atomic E-state index is -4.41. The molecule has 136 valence electrons. The van der Waals surface area contributed by atoms with E-state index < -0.39 is 11.7 Å². The number of carbonyl (C=O) groups excluding carboxylic acids is 1. The lowest BCUT2D eigenvalue weighted by Gasteiger charge is -2.18. The maximum atomic E-state index is 12.8. The van der Waals surface area contributed by atoms with Gasteiger partial charge in [-0.25, -0.2) is 0 Å². The van der Waals surface area contributed by atoms with Crippen molar-refractivity contribution in [1.82, 2.24) is 4.98 Å². The summed E-state index contributed by atoms with van der Waals surface area (Å²) in [6, 6.07) is 14.1. The van der Waals surface area contributed by atoms with Crippen LogP contribution >= 0.6 is 0 Å². The minimum Gasteiger partial charge on any atom is -0.308 e. The first-order chi connectivity index (χ1) is 12.9. The second-order valence-corrected chi connectivity index (χ2v) is 6.36. The van der Waals surface area contributed by atoms with Crippen LogP contribution in [0, 0.1) is 0 Å². The summed E-state index contributed by atoms with van der Waals surface area (Å²) < 4.78 is 38.1. The Morgan fingerprint density at radius 1 is 0.926 bits per heavy atom. The van der Waals surface area contributed by atoms with Gasteiger partial charge in [-0.05, 0) is 71.6 Å². The van der Waals surface area contributed by atoms with E-state index in [1.54, 1.807) is 17.3 Å². The summed E-state index contributed by atoms with van der Waals surface area (Å²) in [6.07, 6.45) is -0.252. The number of amides is 1. The molecule has 0 atom stereocenters. The third-order valence-electron chi connectivity index (χ3n) is 4.69. The highest BCUT2D eigenvalue weighted by Gasteiger charge is 2.31. The van der Waals surface area contributed by atoms with Crippen LogP contribution in [0.5, 0.6) is 0 Å². The summed E-state index contributed by atoms with van der Waals surface area (Å²) in [6.45, 7) is 0.509. The lowest BCUT2D eigenvalue weighted by Crippen LogP contribution is -2.28. The highest BCUT2D eigenvalue weighted by Crippen LogP contribution is 2.34. The van der Waals surface area contributed by atoms with Crippen molar-refractivity contribution in [3.05, 3.63) is 83.7 Å². The monoisotopic (exact) mass is 368 g/mol. The fourth-order valence-corrected chi connectivity index (χ4v) is 3.29. The number of hydrogen-bond acceptors (Lipinski definition) is 2. The van der Waals surface area contributed by atoms with Crippen molar-refractivity contribution < 1.29 is 18.0 Å². The highest BCUT2D eigenvalue weighted by molar-refractivity contribution is 6.07. The van der Waals surface area contributed by atoms with E-state index in [1.807, 2.05) is 30.3 Å². The number of nitrogens with zero attached hydrogens (tertiary/aromatic N) is 2. The molecule has 0 bridgehead atoms. The lowest BCUT2D eigenvalue weighted by molar-refractivity contribution is -0.137. The Morgan fingerprint density at radius 3 is 2.30 bits per heavy atom.